The molecule has 0 aliphatic carbocycles. The molecule has 6 heteroatoms. The summed E-state index contributed by atoms with van der Waals surface area (Å²) in [7, 11) is 0. The minimum Gasteiger partial charge on any atom is -0.493 e. The summed E-state index contributed by atoms with van der Waals surface area (Å²) in [6, 6.07) is 14.2. The van der Waals surface area contributed by atoms with Crippen molar-refractivity contribution >= 4 is 38.4 Å². The van der Waals surface area contributed by atoms with Gasteiger partial charge in [-0.1, -0.05) is 40.2 Å². The van der Waals surface area contributed by atoms with E-state index in [1.54, 1.807) is 34.9 Å². The number of rotatable bonds is 4. The van der Waals surface area contributed by atoms with Crippen LogP contribution < -0.4 is 0 Å². The highest BCUT2D eigenvalue weighted by Crippen LogP contribution is 2.38. The lowest BCUT2D eigenvalue weighted by Gasteiger charge is -2.01. The highest BCUT2D eigenvalue weighted by atomic mass is 79.9. The van der Waals surface area contributed by atoms with Gasteiger partial charge in [-0.05, 0) is 30.3 Å². The maximum Gasteiger partial charge on any atom is 0.295 e. The van der Waals surface area contributed by atoms with Crippen LogP contribution >= 0.6 is 15.9 Å². The van der Waals surface area contributed by atoms with E-state index in [9.17, 15) is 9.90 Å². The number of hydrogen-bond donors (Lipinski definition) is 1. The zero-order valence-electron chi connectivity index (χ0n) is 12.7. The standard InChI is InChI=1S/C18H14BrN3O2/c1-2-11-22-15-6-4-3-5-14(15)16(18(22)24)20-21-17(23)12-7-9-13(19)10-8-12/h2-10,24H,1,11H2. The van der Waals surface area contributed by atoms with Crippen LogP contribution in [0.1, 0.15) is 10.4 Å². The summed E-state index contributed by atoms with van der Waals surface area (Å²) in [5, 5.41) is 18.9. The Hall–Kier alpha value is -2.73. The Bertz CT molecular complexity index is 943. The van der Waals surface area contributed by atoms with Crippen molar-refractivity contribution in [2.45, 2.75) is 6.54 Å². The third kappa shape index (κ3) is 3.00. The predicted octanol–water partition coefficient (Wildman–Crippen LogP) is 5.22. The van der Waals surface area contributed by atoms with E-state index in [1.165, 1.54) is 0 Å². The number of carbonyl (C=O) groups is 1. The molecule has 0 spiro atoms. The molecular formula is C18H14BrN3O2. The van der Waals surface area contributed by atoms with Gasteiger partial charge in [-0.15, -0.1) is 16.8 Å². The van der Waals surface area contributed by atoms with E-state index in [0.717, 1.165) is 15.4 Å². The van der Waals surface area contributed by atoms with Crippen molar-refractivity contribution in [3.8, 4) is 5.88 Å². The summed E-state index contributed by atoms with van der Waals surface area (Å²) >= 11 is 3.32. The lowest BCUT2D eigenvalue weighted by Crippen LogP contribution is -1.93. The van der Waals surface area contributed by atoms with Gasteiger partial charge >= 0.3 is 0 Å². The fourth-order valence-corrected chi connectivity index (χ4v) is 2.69. The first-order valence-corrected chi connectivity index (χ1v) is 8.04. The van der Waals surface area contributed by atoms with Crippen molar-refractivity contribution in [1.82, 2.24) is 4.57 Å². The molecule has 3 rings (SSSR count). The number of fused-ring (bicyclic) bond motifs is 1. The molecule has 1 amide bonds. The van der Waals surface area contributed by atoms with Crippen LogP contribution in [0.3, 0.4) is 0 Å². The number of amides is 1. The molecule has 0 radical (unpaired) electrons. The van der Waals surface area contributed by atoms with E-state index in [0.29, 0.717) is 12.1 Å². The number of aromatic hydroxyl groups is 1. The summed E-state index contributed by atoms with van der Waals surface area (Å²) in [6.45, 7) is 4.12. The molecule has 1 N–H and O–H groups in total. The normalized spacial score (nSPS) is 11.2. The quantitative estimate of drug-likeness (QED) is 0.495. The van der Waals surface area contributed by atoms with E-state index in [-0.39, 0.29) is 11.6 Å². The molecule has 2 aromatic carbocycles. The van der Waals surface area contributed by atoms with Crippen LogP contribution in [0.25, 0.3) is 10.9 Å². The average Bonchev–Trinajstić information content (AvgIpc) is 2.86. The summed E-state index contributed by atoms with van der Waals surface area (Å²) in [6.07, 6.45) is 1.68. The Balaban J connectivity index is 2.00. The Labute approximate surface area is 147 Å². The first kappa shape index (κ1) is 16.1. The first-order valence-electron chi connectivity index (χ1n) is 7.24. The summed E-state index contributed by atoms with van der Waals surface area (Å²) in [5.41, 5.74) is 1.51. The second-order valence-corrected chi connectivity index (χ2v) is 6.02. The maximum atomic E-state index is 12.1. The zero-order valence-corrected chi connectivity index (χ0v) is 14.3. The van der Waals surface area contributed by atoms with Gasteiger partial charge < -0.3 is 9.67 Å². The maximum absolute atomic E-state index is 12.1. The molecule has 1 aromatic heterocycles. The Morgan fingerprint density at radius 3 is 2.62 bits per heavy atom. The van der Waals surface area contributed by atoms with E-state index < -0.39 is 5.91 Å². The van der Waals surface area contributed by atoms with Crippen molar-refractivity contribution in [3.05, 3.63) is 71.2 Å². The van der Waals surface area contributed by atoms with Crippen LogP contribution in [0.5, 0.6) is 5.88 Å². The van der Waals surface area contributed by atoms with Gasteiger partial charge in [-0.2, -0.15) is 0 Å². The fourth-order valence-electron chi connectivity index (χ4n) is 2.43. The number of nitrogens with zero attached hydrogens (tertiary/aromatic N) is 3. The molecule has 0 fully saturated rings. The summed E-state index contributed by atoms with van der Waals surface area (Å²) in [5.74, 6) is -0.508. The number of azo groups is 1. The van der Waals surface area contributed by atoms with E-state index in [1.807, 2.05) is 24.3 Å². The third-order valence-electron chi connectivity index (χ3n) is 3.56. The van der Waals surface area contributed by atoms with Crippen LogP contribution in [0.4, 0.5) is 5.69 Å². The van der Waals surface area contributed by atoms with Gasteiger partial charge in [0.05, 0.1) is 5.52 Å². The van der Waals surface area contributed by atoms with Crippen molar-refractivity contribution in [2.75, 3.05) is 0 Å². The van der Waals surface area contributed by atoms with Gasteiger partial charge in [0.1, 0.15) is 0 Å². The molecule has 5 nitrogen and oxygen atoms in total. The molecule has 0 bridgehead atoms. The molecule has 0 atom stereocenters. The molecule has 24 heavy (non-hydrogen) atoms. The second kappa shape index (κ2) is 6.80. The Morgan fingerprint density at radius 2 is 1.92 bits per heavy atom. The van der Waals surface area contributed by atoms with Gasteiger partial charge in [0.2, 0.25) is 5.88 Å². The van der Waals surface area contributed by atoms with Crippen LogP contribution in [0, 0.1) is 0 Å². The largest absolute Gasteiger partial charge is 0.493 e. The van der Waals surface area contributed by atoms with Crippen LogP contribution in [0.2, 0.25) is 0 Å². The van der Waals surface area contributed by atoms with Crippen molar-refractivity contribution in [3.63, 3.8) is 0 Å². The highest BCUT2D eigenvalue weighted by Gasteiger charge is 2.16. The first-order chi connectivity index (χ1) is 11.6. The molecule has 0 unspecified atom stereocenters. The molecule has 0 saturated heterocycles. The zero-order chi connectivity index (χ0) is 17.1. The van der Waals surface area contributed by atoms with Gasteiger partial charge in [0.25, 0.3) is 5.91 Å². The lowest BCUT2D eigenvalue weighted by atomic mass is 10.2. The number of halogens is 1. The van der Waals surface area contributed by atoms with Crippen molar-refractivity contribution in [1.29, 1.82) is 0 Å². The molecule has 0 saturated carbocycles. The number of carbonyl (C=O) groups excluding carboxylic acids is 1. The summed E-state index contributed by atoms with van der Waals surface area (Å²) in [4.78, 5) is 12.1. The number of hydrogen-bond acceptors (Lipinski definition) is 3. The highest BCUT2D eigenvalue weighted by molar-refractivity contribution is 9.10. The van der Waals surface area contributed by atoms with Gasteiger partial charge in [0, 0.05) is 22.0 Å². The van der Waals surface area contributed by atoms with E-state index in [4.69, 9.17) is 0 Å². The molecule has 0 aliphatic rings. The molecule has 120 valence electrons. The third-order valence-corrected chi connectivity index (χ3v) is 4.09. The van der Waals surface area contributed by atoms with E-state index in [2.05, 4.69) is 32.7 Å². The lowest BCUT2D eigenvalue weighted by molar-refractivity contribution is 0.0995. The van der Waals surface area contributed by atoms with Crippen LogP contribution in [-0.2, 0) is 6.54 Å². The SMILES string of the molecule is C=CCn1c(O)c(N=NC(=O)c2ccc(Br)cc2)c2ccccc21. The average molecular weight is 384 g/mol. The minimum absolute atomic E-state index is 0.0385. The monoisotopic (exact) mass is 383 g/mol. The van der Waals surface area contributed by atoms with E-state index >= 15 is 0 Å². The molecule has 1 heterocycles. The smallest absolute Gasteiger partial charge is 0.295 e. The molecule has 0 aliphatic heterocycles. The van der Waals surface area contributed by atoms with Crippen LogP contribution in [-0.4, -0.2) is 15.6 Å². The van der Waals surface area contributed by atoms with Gasteiger partial charge in [-0.25, -0.2) is 0 Å². The molecule has 3 aromatic rings. The number of aromatic nitrogens is 1. The Kier molecular flexibility index (Phi) is 4.57. The van der Waals surface area contributed by atoms with Gasteiger partial charge in [-0.3, -0.25) is 4.79 Å². The molecular weight excluding hydrogens is 370 g/mol. The topological polar surface area (TPSA) is 66.9 Å². The van der Waals surface area contributed by atoms with Gasteiger partial charge in [0.15, 0.2) is 5.69 Å². The second-order valence-electron chi connectivity index (χ2n) is 5.10. The Morgan fingerprint density at radius 1 is 1.21 bits per heavy atom. The number of para-hydroxylation sites is 1. The fraction of sp³-hybridized carbons (Fsp3) is 0.0556. The van der Waals surface area contributed by atoms with Crippen molar-refractivity contribution in [2.24, 2.45) is 10.2 Å². The number of benzene rings is 2. The predicted molar refractivity (Wildman–Crippen MR) is 96.8 cm³/mol. The number of allylic oxidation sites excluding steroid dienone is 1. The van der Waals surface area contributed by atoms with Crippen molar-refractivity contribution < 1.29 is 9.90 Å². The van der Waals surface area contributed by atoms with Crippen LogP contribution in [0.15, 0.2) is 75.9 Å². The minimum atomic E-state index is -0.470. The summed E-state index contributed by atoms with van der Waals surface area (Å²) < 4.78 is 2.54.